The molecule has 0 bridgehead atoms. The molecule has 1 aliphatic rings. The number of carbonyl (C=O) groups is 1. The first-order valence-electron chi connectivity index (χ1n) is 6.58. The molecular formula is C16H18ClNO2. The predicted molar refractivity (Wildman–Crippen MR) is 80.8 cm³/mol. The van der Waals surface area contributed by atoms with Gasteiger partial charge in [0.25, 0.3) is 5.91 Å². The van der Waals surface area contributed by atoms with Crippen LogP contribution in [-0.2, 0) is 0 Å². The molecule has 1 aromatic carbocycles. The van der Waals surface area contributed by atoms with Gasteiger partial charge in [0.15, 0.2) is 0 Å². The summed E-state index contributed by atoms with van der Waals surface area (Å²) in [5.74, 6) is 0.394. The van der Waals surface area contributed by atoms with Crippen LogP contribution in [0.4, 0.5) is 0 Å². The first-order valence-corrected chi connectivity index (χ1v) is 6.96. The molecule has 0 radical (unpaired) electrons. The molecule has 1 amide bonds. The van der Waals surface area contributed by atoms with Crippen LogP contribution >= 0.6 is 11.6 Å². The maximum Gasteiger partial charge on any atom is 0.259 e. The summed E-state index contributed by atoms with van der Waals surface area (Å²) < 4.78 is 0. The van der Waals surface area contributed by atoms with Crippen LogP contribution in [0.5, 0.6) is 5.75 Å². The van der Waals surface area contributed by atoms with Crippen molar-refractivity contribution in [3.8, 4) is 5.75 Å². The summed E-state index contributed by atoms with van der Waals surface area (Å²) in [5.41, 5.74) is 2.17. The highest BCUT2D eigenvalue weighted by atomic mass is 35.5. The zero-order valence-electron chi connectivity index (χ0n) is 11.8. The molecule has 0 aromatic heterocycles. The number of halogens is 1. The van der Waals surface area contributed by atoms with E-state index in [1.54, 1.807) is 6.07 Å². The average Bonchev–Trinajstić information content (AvgIpc) is 2.38. The first-order chi connectivity index (χ1) is 9.38. The van der Waals surface area contributed by atoms with Gasteiger partial charge >= 0.3 is 0 Å². The number of hydrogen-bond donors (Lipinski definition) is 2. The number of benzene rings is 1. The van der Waals surface area contributed by atoms with Gasteiger partial charge in [0.2, 0.25) is 0 Å². The second kappa shape index (κ2) is 5.71. The number of phenolic OH excluding ortho intramolecular Hbond substituents is 1. The Morgan fingerprint density at radius 1 is 1.35 bits per heavy atom. The third-order valence-corrected chi connectivity index (χ3v) is 4.03. The highest BCUT2D eigenvalue weighted by Gasteiger charge is 2.19. The maximum absolute atomic E-state index is 12.2. The topological polar surface area (TPSA) is 49.3 Å². The van der Waals surface area contributed by atoms with Crippen LogP contribution in [0.25, 0.3) is 0 Å². The Labute approximate surface area is 124 Å². The summed E-state index contributed by atoms with van der Waals surface area (Å²) in [6.45, 7) is 6.33. The van der Waals surface area contributed by atoms with Crippen LogP contribution in [-0.4, -0.2) is 11.0 Å². The molecule has 2 unspecified atom stereocenters. The number of nitrogens with one attached hydrogen (secondary N) is 1. The largest absolute Gasteiger partial charge is 0.507 e. The van der Waals surface area contributed by atoms with E-state index in [-0.39, 0.29) is 17.2 Å². The first kappa shape index (κ1) is 14.7. The van der Waals surface area contributed by atoms with Crippen molar-refractivity contribution in [3.05, 3.63) is 52.2 Å². The van der Waals surface area contributed by atoms with Crippen LogP contribution in [0, 0.1) is 11.8 Å². The Kier molecular flexibility index (Phi) is 4.19. The molecule has 1 aromatic rings. The Hall–Kier alpha value is -1.74. The minimum absolute atomic E-state index is 0.0783. The summed E-state index contributed by atoms with van der Waals surface area (Å²) in [6, 6.07) is 4.41. The lowest BCUT2D eigenvalue weighted by atomic mass is 9.84. The number of carbonyl (C=O) groups excluding carboxylic acids is 1. The van der Waals surface area contributed by atoms with Crippen LogP contribution in [0.2, 0.25) is 5.02 Å². The van der Waals surface area contributed by atoms with E-state index in [2.05, 4.69) is 26.1 Å². The van der Waals surface area contributed by atoms with Gasteiger partial charge < -0.3 is 10.4 Å². The quantitative estimate of drug-likeness (QED) is 0.868. The van der Waals surface area contributed by atoms with Crippen molar-refractivity contribution in [2.24, 2.45) is 11.8 Å². The Balaban J connectivity index is 2.21. The second-order valence-corrected chi connectivity index (χ2v) is 5.71. The fourth-order valence-corrected chi connectivity index (χ4v) is 2.41. The molecule has 20 heavy (non-hydrogen) atoms. The fourth-order valence-electron chi connectivity index (χ4n) is 2.23. The van der Waals surface area contributed by atoms with Crippen molar-refractivity contribution in [2.75, 3.05) is 0 Å². The number of hydrogen-bond acceptors (Lipinski definition) is 2. The van der Waals surface area contributed by atoms with E-state index in [9.17, 15) is 9.90 Å². The zero-order chi connectivity index (χ0) is 14.9. The van der Waals surface area contributed by atoms with Crippen molar-refractivity contribution in [1.29, 1.82) is 0 Å². The lowest BCUT2D eigenvalue weighted by Crippen LogP contribution is -2.25. The summed E-state index contributed by atoms with van der Waals surface area (Å²) in [7, 11) is 0. The summed E-state index contributed by atoms with van der Waals surface area (Å²) in [4.78, 5) is 12.2. The van der Waals surface area contributed by atoms with E-state index < -0.39 is 0 Å². The van der Waals surface area contributed by atoms with Crippen LogP contribution in [0.1, 0.15) is 31.1 Å². The molecule has 0 saturated carbocycles. The number of phenols is 1. The molecular weight excluding hydrogens is 274 g/mol. The van der Waals surface area contributed by atoms with E-state index >= 15 is 0 Å². The van der Waals surface area contributed by atoms with E-state index in [1.807, 2.05) is 12.2 Å². The van der Waals surface area contributed by atoms with E-state index in [0.29, 0.717) is 16.9 Å². The molecule has 4 heteroatoms. The molecule has 106 valence electrons. The standard InChI is InChI=1S/C16H18ClNO2/c1-9-6-13(7-10(2)11(9)3)18-16(20)14-8-12(17)4-5-15(14)19/h4-9,11,19H,1-3H3,(H,18,20). The predicted octanol–water partition coefficient (Wildman–Crippen LogP) is 3.89. The molecule has 3 nitrogen and oxygen atoms in total. The molecule has 2 rings (SSSR count). The molecule has 0 saturated heterocycles. The number of rotatable bonds is 2. The Bertz CT molecular complexity index is 604. The normalized spacial score (nSPS) is 22.0. The molecule has 2 atom stereocenters. The third-order valence-electron chi connectivity index (χ3n) is 3.79. The van der Waals surface area contributed by atoms with Gasteiger partial charge in [0, 0.05) is 10.7 Å². The second-order valence-electron chi connectivity index (χ2n) is 5.27. The number of aromatic hydroxyl groups is 1. The minimum atomic E-state index is -0.359. The van der Waals surface area contributed by atoms with Crippen LogP contribution in [0.15, 0.2) is 41.6 Å². The van der Waals surface area contributed by atoms with Gasteiger partial charge in [-0.05, 0) is 43.0 Å². The highest BCUT2D eigenvalue weighted by molar-refractivity contribution is 6.31. The summed E-state index contributed by atoms with van der Waals surface area (Å²) >= 11 is 5.85. The molecule has 1 aliphatic carbocycles. The van der Waals surface area contributed by atoms with Crippen LogP contribution < -0.4 is 5.32 Å². The van der Waals surface area contributed by atoms with Gasteiger partial charge in [0.05, 0.1) is 5.56 Å². The van der Waals surface area contributed by atoms with Crippen molar-refractivity contribution in [3.63, 3.8) is 0 Å². The lowest BCUT2D eigenvalue weighted by Gasteiger charge is -2.24. The molecule has 0 fully saturated rings. The van der Waals surface area contributed by atoms with Gasteiger partial charge in [0.1, 0.15) is 5.75 Å². The number of amides is 1. The fraction of sp³-hybridized carbons (Fsp3) is 0.312. The average molecular weight is 292 g/mol. The maximum atomic E-state index is 12.2. The summed E-state index contributed by atoms with van der Waals surface area (Å²) in [6.07, 6.45) is 3.99. The van der Waals surface area contributed by atoms with Gasteiger partial charge in [-0.15, -0.1) is 0 Å². The molecule has 2 N–H and O–H groups in total. The molecule has 0 heterocycles. The minimum Gasteiger partial charge on any atom is -0.507 e. The van der Waals surface area contributed by atoms with Crippen molar-refractivity contribution in [2.45, 2.75) is 20.8 Å². The monoisotopic (exact) mass is 291 g/mol. The van der Waals surface area contributed by atoms with Gasteiger partial charge in [-0.25, -0.2) is 0 Å². The SMILES string of the molecule is CC1=CC(NC(=O)c2cc(Cl)ccc2O)=CC(C)C1C. The Morgan fingerprint density at radius 3 is 2.70 bits per heavy atom. The number of allylic oxidation sites excluding steroid dienone is 3. The van der Waals surface area contributed by atoms with E-state index in [1.165, 1.54) is 17.7 Å². The van der Waals surface area contributed by atoms with Crippen LogP contribution in [0.3, 0.4) is 0 Å². The summed E-state index contributed by atoms with van der Waals surface area (Å²) in [5, 5.41) is 13.0. The van der Waals surface area contributed by atoms with Gasteiger partial charge in [-0.1, -0.05) is 37.1 Å². The van der Waals surface area contributed by atoms with Gasteiger partial charge in [-0.3, -0.25) is 4.79 Å². The highest BCUT2D eigenvalue weighted by Crippen LogP contribution is 2.28. The third kappa shape index (κ3) is 3.05. The smallest absolute Gasteiger partial charge is 0.259 e. The lowest BCUT2D eigenvalue weighted by molar-refractivity contribution is 0.0964. The molecule has 0 spiro atoms. The molecule has 0 aliphatic heterocycles. The van der Waals surface area contributed by atoms with Crippen molar-refractivity contribution in [1.82, 2.24) is 5.32 Å². The van der Waals surface area contributed by atoms with Gasteiger partial charge in [-0.2, -0.15) is 0 Å². The van der Waals surface area contributed by atoms with E-state index in [4.69, 9.17) is 11.6 Å². The zero-order valence-corrected chi connectivity index (χ0v) is 12.5. The van der Waals surface area contributed by atoms with Crippen molar-refractivity contribution < 1.29 is 9.90 Å². The Morgan fingerprint density at radius 2 is 2.05 bits per heavy atom. The van der Waals surface area contributed by atoms with E-state index in [0.717, 1.165) is 5.70 Å². The van der Waals surface area contributed by atoms with Crippen molar-refractivity contribution >= 4 is 17.5 Å².